The number of benzene rings is 3. The number of ether oxygens (including phenoxy) is 1. The number of para-hydroxylation sites is 2. The van der Waals surface area contributed by atoms with Gasteiger partial charge in [0.05, 0.1) is 9.79 Å². The van der Waals surface area contributed by atoms with Crippen LogP contribution in [0.25, 0.3) is 11.1 Å². The van der Waals surface area contributed by atoms with Gasteiger partial charge in [-0.2, -0.15) is 0 Å². The van der Waals surface area contributed by atoms with Crippen LogP contribution in [0.1, 0.15) is 0 Å². The smallest absolute Gasteiger partial charge is 0.149 e. The third-order valence-electron chi connectivity index (χ3n) is 3.34. The Morgan fingerprint density at radius 2 is 1.40 bits per heavy atom. The second-order valence-electron chi connectivity index (χ2n) is 4.65. The van der Waals surface area contributed by atoms with E-state index in [4.69, 9.17) is 4.74 Å². The molecule has 2 heteroatoms. The molecular formula is C18H12OS. The Labute approximate surface area is 122 Å². The van der Waals surface area contributed by atoms with Gasteiger partial charge in [0.15, 0.2) is 0 Å². The molecule has 1 heterocycles. The molecule has 1 nitrogen and oxygen atoms in total. The maximum Gasteiger partial charge on any atom is 0.149 e. The summed E-state index contributed by atoms with van der Waals surface area (Å²) < 4.78 is 6.14. The third-order valence-corrected chi connectivity index (χ3v) is 4.44. The molecule has 0 spiro atoms. The van der Waals surface area contributed by atoms with E-state index >= 15 is 0 Å². The fraction of sp³-hybridized carbons (Fsp3) is 0. The molecule has 96 valence electrons. The normalized spacial score (nSPS) is 12.2. The highest BCUT2D eigenvalue weighted by atomic mass is 32.2. The van der Waals surface area contributed by atoms with E-state index in [1.54, 1.807) is 11.8 Å². The van der Waals surface area contributed by atoms with Crippen LogP contribution in [0.5, 0.6) is 11.5 Å². The SMILES string of the molecule is c1ccc(-c2cccc3c2Oc2ccccc2S3)cc1. The molecule has 0 fully saturated rings. The molecule has 20 heavy (non-hydrogen) atoms. The maximum atomic E-state index is 6.14. The zero-order valence-corrected chi connectivity index (χ0v) is 11.6. The van der Waals surface area contributed by atoms with Crippen LogP contribution in [0.3, 0.4) is 0 Å². The van der Waals surface area contributed by atoms with Crippen molar-refractivity contribution in [2.45, 2.75) is 9.79 Å². The molecule has 4 rings (SSSR count). The number of hydrogen-bond donors (Lipinski definition) is 0. The van der Waals surface area contributed by atoms with Gasteiger partial charge >= 0.3 is 0 Å². The summed E-state index contributed by atoms with van der Waals surface area (Å²) >= 11 is 1.77. The Morgan fingerprint density at radius 1 is 0.650 bits per heavy atom. The summed E-state index contributed by atoms with van der Waals surface area (Å²) in [5.74, 6) is 1.90. The van der Waals surface area contributed by atoms with E-state index in [1.165, 1.54) is 15.4 Å². The van der Waals surface area contributed by atoms with Gasteiger partial charge in [0.2, 0.25) is 0 Å². The third kappa shape index (κ3) is 1.89. The lowest BCUT2D eigenvalue weighted by molar-refractivity contribution is 0.456. The first kappa shape index (κ1) is 11.6. The van der Waals surface area contributed by atoms with E-state index < -0.39 is 0 Å². The minimum absolute atomic E-state index is 0.938. The molecule has 3 aromatic carbocycles. The molecule has 3 aromatic rings. The van der Waals surface area contributed by atoms with Crippen LogP contribution >= 0.6 is 11.8 Å². The lowest BCUT2D eigenvalue weighted by atomic mass is 10.0. The van der Waals surface area contributed by atoms with Gasteiger partial charge in [-0.15, -0.1) is 0 Å². The molecule has 0 unspecified atom stereocenters. The topological polar surface area (TPSA) is 9.23 Å². The molecule has 0 atom stereocenters. The lowest BCUT2D eigenvalue weighted by Gasteiger charge is -2.22. The predicted octanol–water partition coefficient (Wildman–Crippen LogP) is 5.61. The van der Waals surface area contributed by atoms with Crippen molar-refractivity contribution in [2.24, 2.45) is 0 Å². The van der Waals surface area contributed by atoms with Crippen LogP contribution in [0.4, 0.5) is 0 Å². The summed E-state index contributed by atoms with van der Waals surface area (Å²) in [7, 11) is 0. The van der Waals surface area contributed by atoms with Crippen molar-refractivity contribution in [2.75, 3.05) is 0 Å². The van der Waals surface area contributed by atoms with Crippen molar-refractivity contribution < 1.29 is 4.74 Å². The number of rotatable bonds is 1. The molecule has 0 N–H and O–H groups in total. The summed E-state index contributed by atoms with van der Waals surface area (Å²) in [6.45, 7) is 0. The van der Waals surface area contributed by atoms with Gasteiger partial charge < -0.3 is 4.74 Å². The fourth-order valence-electron chi connectivity index (χ4n) is 2.39. The Bertz CT molecular complexity index is 765. The highest BCUT2D eigenvalue weighted by molar-refractivity contribution is 7.99. The van der Waals surface area contributed by atoms with Crippen molar-refractivity contribution in [3.05, 3.63) is 72.8 Å². The Kier molecular flexibility index (Phi) is 2.75. The molecule has 1 aliphatic heterocycles. The quantitative estimate of drug-likeness (QED) is 0.447. The average Bonchev–Trinajstić information content (AvgIpc) is 2.53. The highest BCUT2D eigenvalue weighted by Crippen LogP contribution is 2.50. The van der Waals surface area contributed by atoms with Gasteiger partial charge in [-0.25, -0.2) is 0 Å². The second-order valence-corrected chi connectivity index (χ2v) is 5.73. The van der Waals surface area contributed by atoms with E-state index in [2.05, 4.69) is 48.5 Å². The van der Waals surface area contributed by atoms with E-state index in [-0.39, 0.29) is 0 Å². The summed E-state index contributed by atoms with van der Waals surface area (Å²) in [5.41, 5.74) is 2.33. The molecule has 0 amide bonds. The van der Waals surface area contributed by atoms with Crippen molar-refractivity contribution in [3.8, 4) is 22.6 Å². The molecule has 0 radical (unpaired) electrons. The van der Waals surface area contributed by atoms with E-state index in [1.807, 2.05) is 24.3 Å². The van der Waals surface area contributed by atoms with Gasteiger partial charge in [0.25, 0.3) is 0 Å². The largest absolute Gasteiger partial charge is 0.454 e. The van der Waals surface area contributed by atoms with Gasteiger partial charge in [-0.1, -0.05) is 66.4 Å². The van der Waals surface area contributed by atoms with Gasteiger partial charge in [-0.3, -0.25) is 0 Å². The summed E-state index contributed by atoms with van der Waals surface area (Å²) in [6, 6.07) is 24.9. The standard InChI is InChI=1S/C18H12OS/c1-2-7-13(8-3-1)14-9-6-12-17-18(14)19-15-10-4-5-11-16(15)20-17/h1-12H. The Morgan fingerprint density at radius 3 is 2.30 bits per heavy atom. The first-order chi connectivity index (χ1) is 9.92. The number of hydrogen-bond acceptors (Lipinski definition) is 2. The Hall–Kier alpha value is -2.19. The number of fused-ring (bicyclic) bond motifs is 2. The van der Waals surface area contributed by atoms with Gasteiger partial charge in [-0.05, 0) is 23.8 Å². The van der Waals surface area contributed by atoms with Crippen LogP contribution < -0.4 is 4.74 Å². The summed E-state index contributed by atoms with van der Waals surface area (Å²) in [6.07, 6.45) is 0. The molecule has 0 aliphatic carbocycles. The van der Waals surface area contributed by atoms with Crippen LogP contribution in [-0.2, 0) is 0 Å². The summed E-state index contributed by atoms with van der Waals surface area (Å²) in [5, 5.41) is 0. The minimum atomic E-state index is 0.938. The molecular weight excluding hydrogens is 264 g/mol. The zero-order chi connectivity index (χ0) is 13.4. The Balaban J connectivity index is 1.87. The fourth-order valence-corrected chi connectivity index (χ4v) is 3.38. The first-order valence-corrected chi connectivity index (χ1v) is 7.37. The zero-order valence-electron chi connectivity index (χ0n) is 10.7. The minimum Gasteiger partial charge on any atom is -0.454 e. The molecule has 0 saturated carbocycles. The molecule has 1 aliphatic rings. The van der Waals surface area contributed by atoms with Crippen LogP contribution in [0.2, 0.25) is 0 Å². The van der Waals surface area contributed by atoms with Crippen molar-refractivity contribution in [1.82, 2.24) is 0 Å². The van der Waals surface area contributed by atoms with Crippen molar-refractivity contribution >= 4 is 11.8 Å². The first-order valence-electron chi connectivity index (χ1n) is 6.55. The molecule has 0 aromatic heterocycles. The van der Waals surface area contributed by atoms with Crippen molar-refractivity contribution in [3.63, 3.8) is 0 Å². The average molecular weight is 276 g/mol. The highest BCUT2D eigenvalue weighted by Gasteiger charge is 2.20. The monoisotopic (exact) mass is 276 g/mol. The van der Waals surface area contributed by atoms with Crippen LogP contribution in [-0.4, -0.2) is 0 Å². The predicted molar refractivity (Wildman–Crippen MR) is 82.5 cm³/mol. The van der Waals surface area contributed by atoms with Gasteiger partial charge in [0.1, 0.15) is 11.5 Å². The van der Waals surface area contributed by atoms with Crippen LogP contribution in [0, 0.1) is 0 Å². The van der Waals surface area contributed by atoms with Crippen LogP contribution in [0.15, 0.2) is 82.6 Å². The summed E-state index contributed by atoms with van der Waals surface area (Å²) in [4.78, 5) is 2.34. The maximum absolute atomic E-state index is 6.14. The van der Waals surface area contributed by atoms with Crippen molar-refractivity contribution in [1.29, 1.82) is 0 Å². The van der Waals surface area contributed by atoms with E-state index in [0.717, 1.165) is 17.1 Å². The van der Waals surface area contributed by atoms with Gasteiger partial charge in [0, 0.05) is 5.56 Å². The van der Waals surface area contributed by atoms with E-state index in [0.29, 0.717) is 0 Å². The second kappa shape index (κ2) is 4.73. The molecule has 0 saturated heterocycles. The van der Waals surface area contributed by atoms with E-state index in [9.17, 15) is 0 Å². The molecule has 0 bridgehead atoms. The lowest BCUT2D eigenvalue weighted by Crippen LogP contribution is -1.96.